The highest BCUT2D eigenvalue weighted by Gasteiger charge is 2.19. The standard InChI is InChI=1S/C20H16ClNO3S2/c1-25-20(24)19-16(11-17(27-19)13-5-3-2-4-6-13)22-18(23)12-26-15-9-7-14(21)8-10-15/h2-11H,12H2,1H3,(H,22,23). The average molecular weight is 418 g/mol. The van der Waals surface area contributed by atoms with Gasteiger partial charge in [-0.25, -0.2) is 4.79 Å². The lowest BCUT2D eigenvalue weighted by atomic mass is 10.2. The summed E-state index contributed by atoms with van der Waals surface area (Å²) >= 11 is 8.55. The van der Waals surface area contributed by atoms with Crippen LogP contribution in [0, 0.1) is 0 Å². The van der Waals surface area contributed by atoms with Gasteiger partial charge in [0, 0.05) is 14.8 Å². The Kier molecular flexibility index (Phi) is 6.55. The molecule has 0 aliphatic heterocycles. The minimum absolute atomic E-state index is 0.197. The van der Waals surface area contributed by atoms with Crippen LogP contribution < -0.4 is 5.32 Å². The predicted octanol–water partition coefficient (Wildman–Crippen LogP) is 5.59. The average Bonchev–Trinajstić information content (AvgIpc) is 3.11. The maximum atomic E-state index is 12.4. The molecular weight excluding hydrogens is 402 g/mol. The van der Waals surface area contributed by atoms with Gasteiger partial charge in [-0.3, -0.25) is 4.79 Å². The number of thioether (sulfide) groups is 1. The number of thiophene rings is 1. The molecule has 138 valence electrons. The lowest BCUT2D eigenvalue weighted by molar-refractivity contribution is -0.113. The number of anilines is 1. The van der Waals surface area contributed by atoms with E-state index in [1.807, 2.05) is 42.5 Å². The molecule has 0 spiro atoms. The number of ether oxygens (including phenoxy) is 1. The number of rotatable bonds is 6. The molecule has 3 aromatic rings. The number of benzene rings is 2. The normalized spacial score (nSPS) is 10.4. The third-order valence-corrected chi connectivity index (χ3v) is 6.05. The SMILES string of the molecule is COC(=O)c1sc(-c2ccccc2)cc1NC(=O)CSc1ccc(Cl)cc1. The number of carbonyl (C=O) groups excluding carboxylic acids is 2. The number of amides is 1. The molecule has 7 heteroatoms. The van der Waals surface area contributed by atoms with E-state index in [0.717, 1.165) is 15.3 Å². The van der Waals surface area contributed by atoms with Crippen molar-refractivity contribution in [2.45, 2.75) is 4.90 Å². The smallest absolute Gasteiger partial charge is 0.350 e. The van der Waals surface area contributed by atoms with Crippen LogP contribution in [0.1, 0.15) is 9.67 Å². The van der Waals surface area contributed by atoms with Gasteiger partial charge in [-0.2, -0.15) is 0 Å². The van der Waals surface area contributed by atoms with Crippen molar-refractivity contribution in [2.75, 3.05) is 18.2 Å². The van der Waals surface area contributed by atoms with Crippen LogP contribution in [-0.4, -0.2) is 24.7 Å². The second-order valence-electron chi connectivity index (χ2n) is 5.50. The van der Waals surface area contributed by atoms with Gasteiger partial charge < -0.3 is 10.1 Å². The van der Waals surface area contributed by atoms with Crippen LogP contribution in [0.5, 0.6) is 0 Å². The van der Waals surface area contributed by atoms with E-state index < -0.39 is 5.97 Å². The summed E-state index contributed by atoms with van der Waals surface area (Å²) < 4.78 is 4.85. The lowest BCUT2D eigenvalue weighted by Crippen LogP contribution is -2.15. The largest absolute Gasteiger partial charge is 0.465 e. The first-order valence-corrected chi connectivity index (χ1v) is 10.2. The van der Waals surface area contributed by atoms with Gasteiger partial charge in [0.1, 0.15) is 4.88 Å². The van der Waals surface area contributed by atoms with E-state index >= 15 is 0 Å². The molecule has 1 aromatic heterocycles. The van der Waals surface area contributed by atoms with Crippen LogP contribution in [0.3, 0.4) is 0 Å². The van der Waals surface area contributed by atoms with Crippen LogP contribution in [0.15, 0.2) is 65.6 Å². The number of esters is 1. The van der Waals surface area contributed by atoms with E-state index in [1.165, 1.54) is 30.2 Å². The maximum absolute atomic E-state index is 12.4. The van der Waals surface area contributed by atoms with E-state index in [9.17, 15) is 9.59 Å². The topological polar surface area (TPSA) is 55.4 Å². The quantitative estimate of drug-likeness (QED) is 0.419. The van der Waals surface area contributed by atoms with Gasteiger partial charge in [0.25, 0.3) is 0 Å². The second kappa shape index (κ2) is 9.08. The molecule has 0 saturated carbocycles. The molecule has 0 bridgehead atoms. The van der Waals surface area contributed by atoms with E-state index in [-0.39, 0.29) is 11.7 Å². The zero-order chi connectivity index (χ0) is 19.2. The zero-order valence-corrected chi connectivity index (χ0v) is 16.8. The van der Waals surface area contributed by atoms with E-state index in [1.54, 1.807) is 18.2 Å². The first kappa shape index (κ1) is 19.5. The molecule has 1 heterocycles. The number of halogens is 1. The molecule has 0 aliphatic rings. The Hall–Kier alpha value is -2.28. The molecule has 0 fully saturated rings. The molecule has 3 rings (SSSR count). The number of hydrogen-bond donors (Lipinski definition) is 1. The van der Waals surface area contributed by atoms with E-state index in [4.69, 9.17) is 16.3 Å². The second-order valence-corrected chi connectivity index (χ2v) is 8.04. The van der Waals surface area contributed by atoms with Gasteiger partial charge in [-0.05, 0) is 35.9 Å². The summed E-state index contributed by atoms with van der Waals surface area (Å²) in [4.78, 5) is 26.7. The van der Waals surface area contributed by atoms with Crippen LogP contribution in [0.2, 0.25) is 5.02 Å². The highest BCUT2D eigenvalue weighted by molar-refractivity contribution is 8.00. The summed E-state index contributed by atoms with van der Waals surface area (Å²) in [6.45, 7) is 0. The summed E-state index contributed by atoms with van der Waals surface area (Å²) in [5.74, 6) is -0.445. The Morgan fingerprint density at radius 2 is 1.81 bits per heavy atom. The Bertz CT molecular complexity index is 940. The molecule has 0 radical (unpaired) electrons. The fourth-order valence-electron chi connectivity index (χ4n) is 2.34. The lowest BCUT2D eigenvalue weighted by Gasteiger charge is -2.05. The van der Waals surface area contributed by atoms with Crippen molar-refractivity contribution in [3.63, 3.8) is 0 Å². The van der Waals surface area contributed by atoms with Crippen molar-refractivity contribution < 1.29 is 14.3 Å². The molecule has 1 amide bonds. The van der Waals surface area contributed by atoms with Gasteiger partial charge in [0.15, 0.2) is 0 Å². The number of carbonyl (C=O) groups is 2. The fraction of sp³-hybridized carbons (Fsp3) is 0.100. The third kappa shape index (κ3) is 5.13. The third-order valence-electron chi connectivity index (χ3n) is 3.62. The fourth-order valence-corrected chi connectivity index (χ4v) is 4.20. The molecular formula is C20H16ClNO3S2. The minimum atomic E-state index is -0.470. The summed E-state index contributed by atoms with van der Waals surface area (Å²) in [6, 6.07) is 18.8. The van der Waals surface area contributed by atoms with Gasteiger partial charge in [0.2, 0.25) is 5.91 Å². The summed E-state index contributed by atoms with van der Waals surface area (Å²) in [7, 11) is 1.33. The van der Waals surface area contributed by atoms with Crippen molar-refractivity contribution in [2.24, 2.45) is 0 Å². The van der Waals surface area contributed by atoms with Gasteiger partial charge in [-0.15, -0.1) is 23.1 Å². The number of nitrogens with one attached hydrogen (secondary N) is 1. The van der Waals surface area contributed by atoms with Crippen molar-refractivity contribution in [3.05, 3.63) is 70.6 Å². The van der Waals surface area contributed by atoms with Crippen LogP contribution in [0.25, 0.3) is 10.4 Å². The Morgan fingerprint density at radius 1 is 1.11 bits per heavy atom. The molecule has 4 nitrogen and oxygen atoms in total. The van der Waals surface area contributed by atoms with E-state index in [2.05, 4.69) is 5.32 Å². The summed E-state index contributed by atoms with van der Waals surface area (Å²) in [5.41, 5.74) is 1.44. The first-order valence-electron chi connectivity index (χ1n) is 8.02. The van der Waals surface area contributed by atoms with Gasteiger partial charge in [0.05, 0.1) is 18.6 Å². The highest BCUT2D eigenvalue weighted by atomic mass is 35.5. The Morgan fingerprint density at radius 3 is 2.48 bits per heavy atom. The maximum Gasteiger partial charge on any atom is 0.350 e. The monoisotopic (exact) mass is 417 g/mol. The van der Waals surface area contributed by atoms with E-state index in [0.29, 0.717) is 15.6 Å². The molecule has 0 atom stereocenters. The summed E-state index contributed by atoms with van der Waals surface area (Å²) in [6.07, 6.45) is 0. The van der Waals surface area contributed by atoms with Crippen LogP contribution in [0.4, 0.5) is 5.69 Å². The molecule has 0 aliphatic carbocycles. The van der Waals surface area contributed by atoms with Crippen LogP contribution in [-0.2, 0) is 9.53 Å². The number of hydrogen-bond acceptors (Lipinski definition) is 5. The summed E-state index contributed by atoms with van der Waals surface area (Å²) in [5, 5.41) is 3.47. The number of methoxy groups -OCH3 is 1. The van der Waals surface area contributed by atoms with Gasteiger partial charge >= 0.3 is 5.97 Å². The molecule has 2 aromatic carbocycles. The minimum Gasteiger partial charge on any atom is -0.465 e. The van der Waals surface area contributed by atoms with Crippen molar-refractivity contribution in [1.29, 1.82) is 0 Å². The zero-order valence-electron chi connectivity index (χ0n) is 14.4. The van der Waals surface area contributed by atoms with Gasteiger partial charge in [-0.1, -0.05) is 41.9 Å². The van der Waals surface area contributed by atoms with Crippen molar-refractivity contribution >= 4 is 52.3 Å². The van der Waals surface area contributed by atoms with Crippen molar-refractivity contribution in [1.82, 2.24) is 0 Å². The predicted molar refractivity (Wildman–Crippen MR) is 112 cm³/mol. The Labute approximate surface area is 170 Å². The highest BCUT2D eigenvalue weighted by Crippen LogP contribution is 2.35. The Balaban J connectivity index is 1.74. The molecule has 27 heavy (non-hydrogen) atoms. The first-order chi connectivity index (χ1) is 13.1. The molecule has 1 N–H and O–H groups in total. The van der Waals surface area contributed by atoms with Crippen LogP contribution >= 0.6 is 34.7 Å². The molecule has 0 saturated heterocycles. The van der Waals surface area contributed by atoms with Crippen molar-refractivity contribution in [3.8, 4) is 10.4 Å². The molecule has 0 unspecified atom stereocenters.